The van der Waals surface area contributed by atoms with Gasteiger partial charge >= 0.3 is 0 Å². The van der Waals surface area contributed by atoms with Gasteiger partial charge in [0.2, 0.25) is 5.91 Å². The predicted octanol–water partition coefficient (Wildman–Crippen LogP) is 1.37. The van der Waals surface area contributed by atoms with E-state index in [1.54, 1.807) is 0 Å². The first-order valence-corrected chi connectivity index (χ1v) is 6.30. The highest BCUT2D eigenvalue weighted by molar-refractivity contribution is 9.10. The Balaban J connectivity index is 1.89. The van der Waals surface area contributed by atoms with Gasteiger partial charge in [-0.2, -0.15) is 0 Å². The van der Waals surface area contributed by atoms with E-state index in [9.17, 15) is 4.79 Å². The van der Waals surface area contributed by atoms with Crippen LogP contribution in [-0.2, 0) is 4.79 Å². The molecule has 4 nitrogen and oxygen atoms in total. The van der Waals surface area contributed by atoms with E-state index in [-0.39, 0.29) is 12.0 Å². The molecule has 17 heavy (non-hydrogen) atoms. The molecule has 2 N–H and O–H groups in total. The monoisotopic (exact) mass is 298 g/mol. The fourth-order valence-electron chi connectivity index (χ4n) is 1.83. The maximum absolute atomic E-state index is 11.7. The molecule has 0 saturated carbocycles. The second-order valence-electron chi connectivity index (χ2n) is 4.36. The van der Waals surface area contributed by atoms with E-state index >= 15 is 0 Å². The molecule has 1 aliphatic heterocycles. The Morgan fingerprint density at radius 2 is 2.29 bits per heavy atom. The molecule has 0 aromatic heterocycles. The number of amides is 1. The van der Waals surface area contributed by atoms with Gasteiger partial charge in [-0.05, 0) is 30.7 Å². The number of β-amino-alcohol motifs (C(OH)–C–C–N with tert-alkyl or cyclic N) is 1. The van der Waals surface area contributed by atoms with E-state index in [0.29, 0.717) is 19.6 Å². The zero-order chi connectivity index (χ0) is 12.4. The Morgan fingerprint density at radius 3 is 2.88 bits per heavy atom. The molecule has 1 aromatic rings. The summed E-state index contributed by atoms with van der Waals surface area (Å²) in [5.41, 5.74) is 1.86. The first-order valence-electron chi connectivity index (χ1n) is 5.51. The van der Waals surface area contributed by atoms with Crippen molar-refractivity contribution in [2.75, 3.05) is 25.0 Å². The molecule has 2 rings (SSSR count). The normalized spacial score (nSPS) is 16.6. The zero-order valence-corrected chi connectivity index (χ0v) is 11.2. The number of benzene rings is 1. The predicted molar refractivity (Wildman–Crippen MR) is 70.0 cm³/mol. The summed E-state index contributed by atoms with van der Waals surface area (Å²) in [5, 5.41) is 12.0. The molecule has 1 heterocycles. The van der Waals surface area contributed by atoms with Crippen LogP contribution < -0.4 is 5.32 Å². The molecule has 1 aliphatic rings. The Labute approximate surface area is 109 Å². The molecule has 0 unspecified atom stereocenters. The minimum atomic E-state index is -0.266. The fraction of sp³-hybridized carbons (Fsp3) is 0.417. The first kappa shape index (κ1) is 12.5. The number of likely N-dealkylation sites (tertiary alicyclic amines) is 1. The van der Waals surface area contributed by atoms with E-state index in [2.05, 4.69) is 21.2 Å². The van der Waals surface area contributed by atoms with Crippen LogP contribution in [0.3, 0.4) is 0 Å². The lowest BCUT2D eigenvalue weighted by Gasteiger charge is -2.35. The highest BCUT2D eigenvalue weighted by atomic mass is 79.9. The Hall–Kier alpha value is -0.910. The van der Waals surface area contributed by atoms with Crippen LogP contribution in [0, 0.1) is 6.92 Å². The van der Waals surface area contributed by atoms with E-state index in [1.165, 1.54) is 0 Å². The highest BCUT2D eigenvalue weighted by Gasteiger charge is 2.25. The van der Waals surface area contributed by atoms with Gasteiger partial charge in [-0.3, -0.25) is 9.69 Å². The molecule has 1 fully saturated rings. The number of aryl methyl sites for hydroxylation is 1. The van der Waals surface area contributed by atoms with E-state index in [4.69, 9.17) is 5.11 Å². The van der Waals surface area contributed by atoms with Crippen LogP contribution in [0.25, 0.3) is 0 Å². The van der Waals surface area contributed by atoms with Gasteiger partial charge in [0.25, 0.3) is 0 Å². The van der Waals surface area contributed by atoms with E-state index in [1.807, 2.05) is 30.0 Å². The molecule has 0 radical (unpaired) electrons. The van der Waals surface area contributed by atoms with Crippen molar-refractivity contribution in [3.8, 4) is 0 Å². The van der Waals surface area contributed by atoms with Crippen LogP contribution in [0.5, 0.6) is 0 Å². The van der Waals surface area contributed by atoms with Gasteiger partial charge in [0.1, 0.15) is 0 Å². The number of rotatable bonds is 3. The van der Waals surface area contributed by atoms with Gasteiger partial charge in [0, 0.05) is 23.2 Å². The molecule has 1 aromatic carbocycles. The van der Waals surface area contributed by atoms with Gasteiger partial charge in [0.05, 0.1) is 12.6 Å². The average molecular weight is 299 g/mol. The van der Waals surface area contributed by atoms with E-state index < -0.39 is 0 Å². The molecule has 0 aliphatic carbocycles. The summed E-state index contributed by atoms with van der Waals surface area (Å²) in [6.45, 7) is 3.47. The van der Waals surface area contributed by atoms with Crippen molar-refractivity contribution in [3.05, 3.63) is 28.2 Å². The molecule has 5 heteroatoms. The topological polar surface area (TPSA) is 52.6 Å². The Bertz CT molecular complexity index is 431. The van der Waals surface area contributed by atoms with Gasteiger partial charge in [-0.1, -0.05) is 15.9 Å². The number of anilines is 1. The summed E-state index contributed by atoms with van der Waals surface area (Å²) < 4.78 is 0.999. The van der Waals surface area contributed by atoms with Crippen molar-refractivity contribution in [3.63, 3.8) is 0 Å². The number of nitrogens with zero attached hydrogens (tertiary/aromatic N) is 1. The molecular weight excluding hydrogens is 284 g/mol. The molecule has 1 saturated heterocycles. The van der Waals surface area contributed by atoms with Crippen molar-refractivity contribution >= 4 is 27.5 Å². The second-order valence-corrected chi connectivity index (χ2v) is 5.27. The summed E-state index contributed by atoms with van der Waals surface area (Å²) in [7, 11) is 0. The van der Waals surface area contributed by atoms with Crippen molar-refractivity contribution < 1.29 is 9.90 Å². The van der Waals surface area contributed by atoms with Crippen molar-refractivity contribution in [1.82, 2.24) is 4.90 Å². The Morgan fingerprint density at radius 1 is 1.59 bits per heavy atom. The lowest BCUT2D eigenvalue weighted by atomic mass is 10.1. The third-order valence-electron chi connectivity index (χ3n) is 2.77. The average Bonchev–Trinajstić information content (AvgIpc) is 2.20. The quantitative estimate of drug-likeness (QED) is 0.886. The van der Waals surface area contributed by atoms with Crippen molar-refractivity contribution in [2.24, 2.45) is 0 Å². The van der Waals surface area contributed by atoms with E-state index in [0.717, 1.165) is 15.7 Å². The van der Waals surface area contributed by atoms with Gasteiger partial charge in [-0.25, -0.2) is 0 Å². The number of hydrogen-bond donors (Lipinski definition) is 2. The van der Waals surface area contributed by atoms with Gasteiger partial charge in [-0.15, -0.1) is 0 Å². The SMILES string of the molecule is Cc1cc(Br)ccc1NC(=O)CN1CC(O)C1. The Kier molecular flexibility index (Phi) is 3.81. The largest absolute Gasteiger partial charge is 0.390 e. The zero-order valence-electron chi connectivity index (χ0n) is 9.61. The van der Waals surface area contributed by atoms with Gasteiger partial charge < -0.3 is 10.4 Å². The minimum absolute atomic E-state index is 0.0395. The number of carbonyl (C=O) groups is 1. The van der Waals surface area contributed by atoms with Crippen molar-refractivity contribution in [2.45, 2.75) is 13.0 Å². The van der Waals surface area contributed by atoms with Crippen LogP contribution in [0.15, 0.2) is 22.7 Å². The van der Waals surface area contributed by atoms with Crippen LogP contribution in [0.4, 0.5) is 5.69 Å². The second kappa shape index (κ2) is 5.16. The molecule has 0 bridgehead atoms. The molecule has 1 amide bonds. The number of aliphatic hydroxyl groups is 1. The van der Waals surface area contributed by atoms with Crippen LogP contribution >= 0.6 is 15.9 Å². The molecule has 92 valence electrons. The lowest BCUT2D eigenvalue weighted by molar-refractivity contribution is -0.119. The number of aliphatic hydroxyl groups excluding tert-OH is 1. The summed E-state index contributed by atoms with van der Waals surface area (Å²) in [6, 6.07) is 5.74. The highest BCUT2D eigenvalue weighted by Crippen LogP contribution is 2.20. The van der Waals surface area contributed by atoms with Gasteiger partial charge in [0.15, 0.2) is 0 Å². The first-order chi connectivity index (χ1) is 8.04. The lowest BCUT2D eigenvalue weighted by Crippen LogP contribution is -2.53. The summed E-state index contributed by atoms with van der Waals surface area (Å²) in [4.78, 5) is 13.6. The molecule has 0 spiro atoms. The van der Waals surface area contributed by atoms with Crippen LogP contribution in [0.1, 0.15) is 5.56 Å². The van der Waals surface area contributed by atoms with Crippen molar-refractivity contribution in [1.29, 1.82) is 0 Å². The maximum atomic E-state index is 11.7. The summed E-state index contributed by atoms with van der Waals surface area (Å²) >= 11 is 3.38. The third kappa shape index (κ3) is 3.28. The molecule has 0 atom stereocenters. The minimum Gasteiger partial charge on any atom is -0.390 e. The van der Waals surface area contributed by atoms with Crippen LogP contribution in [-0.4, -0.2) is 41.7 Å². The summed E-state index contributed by atoms with van der Waals surface area (Å²) in [5.74, 6) is -0.0395. The standard InChI is InChI=1S/C12H15BrN2O2/c1-8-4-9(13)2-3-11(8)14-12(17)7-15-5-10(16)6-15/h2-4,10,16H,5-7H2,1H3,(H,14,17). The maximum Gasteiger partial charge on any atom is 0.238 e. The fourth-order valence-corrected chi connectivity index (χ4v) is 2.31. The number of carbonyl (C=O) groups excluding carboxylic acids is 1. The molecular formula is C12H15BrN2O2. The number of halogens is 1. The number of nitrogens with one attached hydrogen (secondary N) is 1. The van der Waals surface area contributed by atoms with Crippen LogP contribution in [0.2, 0.25) is 0 Å². The third-order valence-corrected chi connectivity index (χ3v) is 3.26. The number of hydrogen-bond acceptors (Lipinski definition) is 3. The smallest absolute Gasteiger partial charge is 0.238 e. The summed E-state index contributed by atoms with van der Waals surface area (Å²) in [6.07, 6.45) is -0.266.